The maximum Gasteiger partial charge on any atom is 0.433 e. The minimum atomic E-state index is -4.99. The van der Waals surface area contributed by atoms with Gasteiger partial charge in [0.05, 0.1) is 35.6 Å². The Morgan fingerprint density at radius 3 is 2.35 bits per heavy atom. The van der Waals surface area contributed by atoms with E-state index in [1.54, 1.807) is 11.9 Å². The number of ether oxygens (including phenoxy) is 1. The van der Waals surface area contributed by atoms with Crippen LogP contribution in [0.15, 0.2) is 54.1 Å². The van der Waals surface area contributed by atoms with Gasteiger partial charge in [0.1, 0.15) is 30.0 Å². The number of nitrogens with one attached hydrogen (secondary N) is 1. The number of hydrazine groups is 1. The van der Waals surface area contributed by atoms with E-state index in [0.29, 0.717) is 44.0 Å². The Kier molecular flexibility index (Phi) is 10.8. The quantitative estimate of drug-likeness (QED) is 0.176. The van der Waals surface area contributed by atoms with Gasteiger partial charge in [-0.3, -0.25) is 14.6 Å². The Morgan fingerprint density at radius 1 is 1.02 bits per heavy atom. The van der Waals surface area contributed by atoms with E-state index in [-0.39, 0.29) is 31.6 Å². The Bertz CT molecular complexity index is 1880. The van der Waals surface area contributed by atoms with E-state index in [1.165, 1.54) is 18.1 Å². The molecule has 0 atom stereocenters. The lowest BCUT2D eigenvalue weighted by atomic mass is 9.72. The molecule has 3 aromatic rings. The average Bonchev–Trinajstić information content (AvgIpc) is 3.04. The van der Waals surface area contributed by atoms with Gasteiger partial charge in [0, 0.05) is 31.3 Å². The number of halogens is 8. The minimum Gasteiger partial charge on any atom is -0.509 e. The second-order valence-corrected chi connectivity index (χ2v) is 12.2. The molecule has 2 aromatic carbocycles. The lowest BCUT2D eigenvalue weighted by molar-refractivity contribution is -0.172. The van der Waals surface area contributed by atoms with Crippen LogP contribution in [0, 0.1) is 11.6 Å². The van der Waals surface area contributed by atoms with Crippen molar-refractivity contribution in [3.63, 3.8) is 0 Å². The number of anilines is 1. The monoisotopic (exact) mass is 744 g/mol. The van der Waals surface area contributed by atoms with Crippen molar-refractivity contribution < 1.29 is 59.7 Å². The van der Waals surface area contributed by atoms with Gasteiger partial charge in [-0.05, 0) is 56.6 Å². The molecule has 1 aromatic heterocycles. The van der Waals surface area contributed by atoms with Crippen LogP contribution in [0.3, 0.4) is 0 Å². The largest absolute Gasteiger partial charge is 0.509 e. The number of carbonyl (C=O) groups excluding carboxylic acids is 2. The maximum absolute atomic E-state index is 15.4. The van der Waals surface area contributed by atoms with Gasteiger partial charge in [0.25, 0.3) is 11.8 Å². The lowest BCUT2D eigenvalue weighted by Gasteiger charge is -2.54. The zero-order chi connectivity index (χ0) is 38.2. The number of benzene rings is 2. The van der Waals surface area contributed by atoms with E-state index in [1.807, 2.05) is 0 Å². The fraction of sp³-hybridized carbons (Fsp3) is 0.394. The Hall–Kier alpha value is -4.88. The van der Waals surface area contributed by atoms with E-state index >= 15 is 8.78 Å². The molecule has 11 nitrogen and oxygen atoms in total. The lowest BCUT2D eigenvalue weighted by Crippen LogP contribution is -2.65. The molecular weight excluding hydrogens is 712 g/mol. The van der Waals surface area contributed by atoms with Crippen molar-refractivity contribution in [1.29, 1.82) is 0 Å². The molecule has 1 aliphatic heterocycles. The van der Waals surface area contributed by atoms with E-state index in [2.05, 4.69) is 15.3 Å². The summed E-state index contributed by atoms with van der Waals surface area (Å²) in [5.74, 6) is -6.32. The van der Waals surface area contributed by atoms with Crippen molar-refractivity contribution in [3.05, 3.63) is 82.5 Å². The van der Waals surface area contributed by atoms with Crippen LogP contribution in [0.4, 0.5) is 40.8 Å². The van der Waals surface area contributed by atoms with Crippen molar-refractivity contribution in [2.24, 2.45) is 0 Å². The van der Waals surface area contributed by atoms with Gasteiger partial charge < -0.3 is 25.2 Å². The van der Waals surface area contributed by atoms with Crippen molar-refractivity contribution >= 4 is 17.5 Å². The predicted octanol–water partition coefficient (Wildman–Crippen LogP) is 5.32. The van der Waals surface area contributed by atoms with Crippen molar-refractivity contribution in [2.45, 2.75) is 43.7 Å². The highest BCUT2D eigenvalue weighted by molar-refractivity contribution is 6.24. The zero-order valence-corrected chi connectivity index (χ0v) is 27.6. The molecule has 1 saturated carbocycles. The molecule has 3 N–H and O–H groups in total. The summed E-state index contributed by atoms with van der Waals surface area (Å²) < 4.78 is 117. The summed E-state index contributed by atoms with van der Waals surface area (Å²) in [4.78, 5) is 36.1. The van der Waals surface area contributed by atoms with Gasteiger partial charge in [-0.1, -0.05) is 6.07 Å². The van der Waals surface area contributed by atoms with Gasteiger partial charge in [-0.2, -0.15) is 30.7 Å². The first-order chi connectivity index (χ1) is 24.4. The fourth-order valence-electron chi connectivity index (χ4n) is 5.88. The second kappa shape index (κ2) is 14.6. The third-order valence-electron chi connectivity index (χ3n) is 9.00. The van der Waals surface area contributed by atoms with E-state index < -0.39 is 93.2 Å². The fourth-order valence-corrected chi connectivity index (χ4v) is 5.88. The molecule has 1 aliphatic carbocycles. The number of carbonyl (C=O) groups is 2. The highest BCUT2D eigenvalue weighted by Gasteiger charge is 2.55. The van der Waals surface area contributed by atoms with Crippen LogP contribution in [0.5, 0.6) is 5.75 Å². The summed E-state index contributed by atoms with van der Waals surface area (Å²) in [5, 5.41) is 24.8. The molecule has 1 spiro atoms. The number of rotatable bonds is 11. The summed E-state index contributed by atoms with van der Waals surface area (Å²) in [6, 6.07) is 4.47. The first-order valence-electron chi connectivity index (χ1n) is 15.7. The van der Waals surface area contributed by atoms with Crippen molar-refractivity contribution in [1.82, 2.24) is 24.9 Å². The smallest absolute Gasteiger partial charge is 0.433 e. The zero-order valence-electron chi connectivity index (χ0n) is 27.6. The summed E-state index contributed by atoms with van der Waals surface area (Å²) in [6.45, 7) is -0.151. The molecular formula is C33H32F8N6O5. The molecule has 0 unspecified atom stereocenters. The average molecular weight is 745 g/mol. The third kappa shape index (κ3) is 7.51. The number of alkyl halides is 6. The Morgan fingerprint density at radius 2 is 1.73 bits per heavy atom. The molecule has 0 saturated heterocycles. The van der Waals surface area contributed by atoms with Gasteiger partial charge >= 0.3 is 12.4 Å². The molecule has 19 heteroatoms. The summed E-state index contributed by atoms with van der Waals surface area (Å²) in [5.41, 5.74) is -7.03. The van der Waals surface area contributed by atoms with Crippen LogP contribution in [-0.4, -0.2) is 92.9 Å². The number of amides is 2. The molecule has 0 bridgehead atoms. The first-order valence-corrected chi connectivity index (χ1v) is 15.7. The van der Waals surface area contributed by atoms with Crippen LogP contribution >= 0.6 is 0 Å². The van der Waals surface area contributed by atoms with Gasteiger partial charge in [-0.15, -0.1) is 0 Å². The number of hydrogen-bond acceptors (Lipinski definition) is 9. The first kappa shape index (κ1) is 38.4. The topological polar surface area (TPSA) is 131 Å². The summed E-state index contributed by atoms with van der Waals surface area (Å²) >= 11 is 0. The SMILES string of the molecule is CN(CCO)CCOc1ccc(CN2C(=O)C(C(=O)Nc3ccc(C(F)(F)F)cc3-c3cc(C(F)(F)F)ncn3)=C(O)C3(CCC3)N2C)c(F)c1F. The van der Waals surface area contributed by atoms with Crippen molar-refractivity contribution in [2.75, 3.05) is 45.7 Å². The number of hydrogen-bond donors (Lipinski definition) is 3. The molecule has 1 fully saturated rings. The number of aliphatic hydroxyl groups is 2. The standard InChI is InChI=1S/C33H32F8N6O5/c1-45(10-12-48)11-13-52-23-7-4-18(26(34)27(23)35)16-47-30(51)25(28(49)31(46(47)2)8-3-9-31)29(50)44-21-6-5-19(32(36,37)38)14-20(21)22-15-24(33(39,40)41)43-17-42-22/h4-7,14-15,17,48-49H,3,8-13,16H2,1-2H3,(H,44,50). The molecule has 2 amide bonds. The Labute approximate surface area is 291 Å². The second-order valence-electron chi connectivity index (χ2n) is 12.2. The molecule has 0 radical (unpaired) electrons. The molecule has 2 heterocycles. The predicted molar refractivity (Wildman–Crippen MR) is 167 cm³/mol. The molecule has 280 valence electrons. The highest BCUT2D eigenvalue weighted by atomic mass is 19.4. The van der Waals surface area contributed by atoms with Gasteiger partial charge in [0.2, 0.25) is 5.82 Å². The van der Waals surface area contributed by atoms with E-state index in [4.69, 9.17) is 9.84 Å². The van der Waals surface area contributed by atoms with Crippen LogP contribution in [0.25, 0.3) is 11.3 Å². The number of nitrogens with zero attached hydrogens (tertiary/aromatic N) is 5. The highest BCUT2D eigenvalue weighted by Crippen LogP contribution is 2.47. The van der Waals surface area contributed by atoms with Crippen LogP contribution < -0.4 is 10.1 Å². The minimum absolute atomic E-state index is 0.0357. The molecule has 52 heavy (non-hydrogen) atoms. The molecule has 5 rings (SSSR count). The third-order valence-corrected chi connectivity index (χ3v) is 9.00. The van der Waals surface area contributed by atoms with Crippen LogP contribution in [0.2, 0.25) is 0 Å². The number of aromatic nitrogens is 2. The van der Waals surface area contributed by atoms with Gasteiger partial charge in [0.15, 0.2) is 11.6 Å². The van der Waals surface area contributed by atoms with Crippen LogP contribution in [-0.2, 0) is 28.5 Å². The molecule has 2 aliphatic rings. The Balaban J connectivity index is 1.46. The summed E-state index contributed by atoms with van der Waals surface area (Å²) in [6.07, 6.45) is -8.49. The maximum atomic E-state index is 15.4. The van der Waals surface area contributed by atoms with Gasteiger partial charge in [-0.25, -0.2) is 19.4 Å². The number of aliphatic hydroxyl groups excluding tert-OH is 2. The normalized spacial score (nSPS) is 16.5. The van der Waals surface area contributed by atoms with Crippen LogP contribution in [0.1, 0.15) is 36.1 Å². The summed E-state index contributed by atoms with van der Waals surface area (Å²) in [7, 11) is 3.09. The van der Waals surface area contributed by atoms with Crippen molar-refractivity contribution in [3.8, 4) is 17.0 Å². The van der Waals surface area contributed by atoms with E-state index in [0.717, 1.165) is 17.1 Å². The van der Waals surface area contributed by atoms with E-state index in [9.17, 15) is 41.0 Å². The number of likely N-dealkylation sites (N-methyl/N-ethyl adjacent to an activating group) is 2.